The van der Waals surface area contributed by atoms with E-state index < -0.39 is 0 Å². The van der Waals surface area contributed by atoms with Gasteiger partial charge in [-0.05, 0) is 62.2 Å². The Morgan fingerprint density at radius 3 is 2.50 bits per heavy atom. The van der Waals surface area contributed by atoms with E-state index in [1.54, 1.807) is 30.3 Å². The van der Waals surface area contributed by atoms with Crippen LogP contribution in [-0.4, -0.2) is 32.5 Å². The van der Waals surface area contributed by atoms with Gasteiger partial charge >= 0.3 is 0 Å². The molecule has 2 atom stereocenters. The van der Waals surface area contributed by atoms with Gasteiger partial charge in [-0.25, -0.2) is 4.68 Å². The molecule has 0 fully saturated rings. The molecule has 0 radical (unpaired) electrons. The summed E-state index contributed by atoms with van der Waals surface area (Å²) in [4.78, 5) is 40.5. The Kier molecular flexibility index (Phi) is 7.30. The van der Waals surface area contributed by atoms with Crippen molar-refractivity contribution < 1.29 is 9.59 Å². The Bertz CT molecular complexity index is 1180. The predicted octanol–water partition coefficient (Wildman–Crippen LogP) is 3.83. The Morgan fingerprint density at radius 2 is 1.84 bits per heavy atom. The Morgan fingerprint density at radius 1 is 1.16 bits per heavy atom. The highest BCUT2D eigenvalue weighted by atomic mass is 35.5. The summed E-state index contributed by atoms with van der Waals surface area (Å²) in [6, 6.07) is 11.7. The number of carbonyl (C=O) groups is 2. The molecule has 3 aromatic rings. The van der Waals surface area contributed by atoms with Crippen LogP contribution in [0.15, 0.2) is 47.3 Å². The smallest absolute Gasteiger partial charge is 0.267 e. The number of aromatic nitrogens is 3. The third-order valence-electron chi connectivity index (χ3n) is 5.48. The van der Waals surface area contributed by atoms with Crippen LogP contribution in [0.2, 0.25) is 5.02 Å². The van der Waals surface area contributed by atoms with Crippen molar-refractivity contribution in [2.75, 3.05) is 0 Å². The van der Waals surface area contributed by atoms with Crippen LogP contribution < -0.4 is 10.9 Å². The van der Waals surface area contributed by atoms with Gasteiger partial charge in [0.1, 0.15) is 6.54 Å². The maximum absolute atomic E-state index is 12.9. The van der Waals surface area contributed by atoms with Gasteiger partial charge in [-0.1, -0.05) is 25.4 Å². The van der Waals surface area contributed by atoms with Crippen molar-refractivity contribution in [2.45, 2.75) is 52.6 Å². The molecule has 2 N–H and O–H groups in total. The summed E-state index contributed by atoms with van der Waals surface area (Å²) in [6.45, 7) is 7.53. The van der Waals surface area contributed by atoms with Gasteiger partial charge in [0.05, 0.1) is 11.4 Å². The maximum atomic E-state index is 12.9. The fraction of sp³-hybridized carbons (Fsp3) is 0.333. The minimum Gasteiger partial charge on any atom is -0.355 e. The van der Waals surface area contributed by atoms with Gasteiger partial charge in [-0.2, -0.15) is 5.10 Å². The van der Waals surface area contributed by atoms with Gasteiger partial charge < -0.3 is 10.3 Å². The number of hydrogen-bond acceptors (Lipinski definition) is 4. The molecule has 7 nitrogen and oxygen atoms in total. The molecule has 1 aromatic carbocycles. The van der Waals surface area contributed by atoms with E-state index in [1.165, 1.54) is 10.7 Å². The van der Waals surface area contributed by atoms with Crippen LogP contribution in [0.25, 0.3) is 0 Å². The highest BCUT2D eigenvalue weighted by Crippen LogP contribution is 2.25. The number of hydrogen-bond donors (Lipinski definition) is 2. The zero-order chi connectivity index (χ0) is 23.4. The SMILES string of the molecule is CC[C@H](C)NC(=O)Cn1nc(C(C)c2cc(C)c(C(=O)c3ccc(Cl)cc3)[nH]2)ccc1=O. The number of amides is 1. The monoisotopic (exact) mass is 454 g/mol. The summed E-state index contributed by atoms with van der Waals surface area (Å²) in [6.07, 6.45) is 0.800. The summed E-state index contributed by atoms with van der Waals surface area (Å²) in [5.74, 6) is -0.604. The number of halogens is 1. The van der Waals surface area contributed by atoms with Crippen molar-refractivity contribution in [3.8, 4) is 0 Å². The van der Waals surface area contributed by atoms with Gasteiger partial charge in [0.15, 0.2) is 0 Å². The normalized spacial score (nSPS) is 12.9. The number of aryl methyl sites for hydroxylation is 1. The number of benzene rings is 1. The van der Waals surface area contributed by atoms with E-state index in [1.807, 2.05) is 33.8 Å². The van der Waals surface area contributed by atoms with E-state index in [0.29, 0.717) is 22.0 Å². The lowest BCUT2D eigenvalue weighted by Crippen LogP contribution is -2.38. The molecular formula is C24H27ClN4O3. The van der Waals surface area contributed by atoms with E-state index in [9.17, 15) is 14.4 Å². The van der Waals surface area contributed by atoms with Crippen molar-refractivity contribution in [1.82, 2.24) is 20.1 Å². The fourth-order valence-electron chi connectivity index (χ4n) is 3.33. The number of rotatable bonds is 8. The molecule has 2 aromatic heterocycles. The second kappa shape index (κ2) is 9.96. The molecule has 0 aliphatic carbocycles. The van der Waals surface area contributed by atoms with Crippen molar-refractivity contribution in [1.29, 1.82) is 0 Å². The van der Waals surface area contributed by atoms with E-state index >= 15 is 0 Å². The lowest BCUT2D eigenvalue weighted by molar-refractivity contribution is -0.122. The first-order chi connectivity index (χ1) is 15.2. The Labute approximate surface area is 191 Å². The summed E-state index contributed by atoms with van der Waals surface area (Å²) in [5.41, 5.74) is 2.91. The molecule has 8 heteroatoms. The average molecular weight is 455 g/mol. The summed E-state index contributed by atoms with van der Waals surface area (Å²) < 4.78 is 1.17. The first-order valence-electron chi connectivity index (χ1n) is 10.6. The Hall–Kier alpha value is -3.19. The van der Waals surface area contributed by atoms with Crippen LogP contribution in [0.5, 0.6) is 0 Å². The quantitative estimate of drug-likeness (QED) is 0.505. The molecule has 0 bridgehead atoms. The minimum atomic E-state index is -0.346. The second-order valence-corrected chi connectivity index (χ2v) is 8.41. The maximum Gasteiger partial charge on any atom is 0.267 e. The largest absolute Gasteiger partial charge is 0.355 e. The van der Waals surface area contributed by atoms with Crippen LogP contribution >= 0.6 is 11.6 Å². The van der Waals surface area contributed by atoms with E-state index in [2.05, 4.69) is 15.4 Å². The molecule has 0 saturated carbocycles. The molecule has 2 heterocycles. The van der Waals surface area contributed by atoms with Crippen molar-refractivity contribution in [2.24, 2.45) is 0 Å². The van der Waals surface area contributed by atoms with Gasteiger partial charge in [0.25, 0.3) is 5.56 Å². The molecule has 168 valence electrons. The Balaban J connectivity index is 1.83. The minimum absolute atomic E-state index is 0.0267. The van der Waals surface area contributed by atoms with E-state index in [-0.39, 0.29) is 35.8 Å². The number of aromatic amines is 1. The number of nitrogens with one attached hydrogen (secondary N) is 2. The molecular weight excluding hydrogens is 428 g/mol. The van der Waals surface area contributed by atoms with Gasteiger partial charge in [-0.15, -0.1) is 0 Å². The molecule has 0 aliphatic rings. The van der Waals surface area contributed by atoms with E-state index in [0.717, 1.165) is 17.7 Å². The van der Waals surface area contributed by atoms with Crippen molar-refractivity contribution >= 4 is 23.3 Å². The second-order valence-electron chi connectivity index (χ2n) is 7.97. The predicted molar refractivity (Wildman–Crippen MR) is 124 cm³/mol. The average Bonchev–Trinajstić information content (AvgIpc) is 3.16. The van der Waals surface area contributed by atoms with Crippen LogP contribution in [-0.2, 0) is 11.3 Å². The summed E-state index contributed by atoms with van der Waals surface area (Å²) in [7, 11) is 0. The summed E-state index contributed by atoms with van der Waals surface area (Å²) in [5, 5.41) is 7.80. The number of H-pyrrole nitrogens is 1. The molecule has 0 spiro atoms. The fourth-order valence-corrected chi connectivity index (χ4v) is 3.45. The molecule has 3 rings (SSSR count). The molecule has 1 unspecified atom stereocenters. The van der Waals surface area contributed by atoms with Crippen molar-refractivity contribution in [3.63, 3.8) is 0 Å². The molecule has 0 aliphatic heterocycles. The third kappa shape index (κ3) is 5.34. The van der Waals surface area contributed by atoms with Gasteiger partial charge in [0.2, 0.25) is 11.7 Å². The number of carbonyl (C=O) groups excluding carboxylic acids is 2. The van der Waals surface area contributed by atoms with Gasteiger partial charge in [0, 0.05) is 34.3 Å². The lowest BCUT2D eigenvalue weighted by atomic mass is 10.0. The standard InChI is InChI=1S/C24H27ClN4O3/c1-5-15(3)26-21(30)13-29-22(31)11-10-19(28-29)16(4)20-12-14(2)23(27-20)24(32)17-6-8-18(25)9-7-17/h6-12,15-16,27H,5,13H2,1-4H3,(H,26,30)/t15-,16?/m0/s1. The zero-order valence-electron chi connectivity index (χ0n) is 18.6. The van der Waals surface area contributed by atoms with Crippen LogP contribution in [0.1, 0.15) is 66.1 Å². The molecule has 32 heavy (non-hydrogen) atoms. The molecule has 0 saturated heterocycles. The number of ketones is 1. The topological polar surface area (TPSA) is 96.8 Å². The molecule has 1 amide bonds. The zero-order valence-corrected chi connectivity index (χ0v) is 19.4. The lowest BCUT2D eigenvalue weighted by Gasteiger charge is -2.14. The van der Waals surface area contributed by atoms with Crippen LogP contribution in [0.3, 0.4) is 0 Å². The van der Waals surface area contributed by atoms with Crippen LogP contribution in [0, 0.1) is 6.92 Å². The first kappa shape index (κ1) is 23.5. The number of nitrogens with zero attached hydrogens (tertiary/aromatic N) is 2. The summed E-state index contributed by atoms with van der Waals surface area (Å²) >= 11 is 5.92. The van der Waals surface area contributed by atoms with Gasteiger partial charge in [-0.3, -0.25) is 14.4 Å². The van der Waals surface area contributed by atoms with Crippen LogP contribution in [0.4, 0.5) is 0 Å². The highest BCUT2D eigenvalue weighted by molar-refractivity contribution is 6.30. The van der Waals surface area contributed by atoms with Crippen molar-refractivity contribution in [3.05, 3.63) is 86.0 Å². The highest BCUT2D eigenvalue weighted by Gasteiger charge is 2.20. The third-order valence-corrected chi connectivity index (χ3v) is 5.73. The van der Waals surface area contributed by atoms with E-state index in [4.69, 9.17) is 11.6 Å². The first-order valence-corrected chi connectivity index (χ1v) is 10.9.